The van der Waals surface area contributed by atoms with Crippen molar-refractivity contribution in [3.8, 4) is 21.8 Å². The van der Waals surface area contributed by atoms with E-state index in [1.165, 1.54) is 9.77 Å². The Morgan fingerprint density at radius 1 is 1.05 bits per heavy atom. The second-order valence-electron chi connectivity index (χ2n) is 4.27. The van der Waals surface area contributed by atoms with Crippen LogP contribution in [0.1, 0.15) is 0 Å². The predicted octanol–water partition coefficient (Wildman–Crippen LogP) is 5.85. The van der Waals surface area contributed by atoms with Crippen molar-refractivity contribution in [1.29, 1.82) is 0 Å². The van der Waals surface area contributed by atoms with Crippen molar-refractivity contribution in [2.75, 3.05) is 6.26 Å². The molecule has 100 valence electrons. The molecular formula is C16H12ClNS2. The third-order valence-electron chi connectivity index (χ3n) is 2.93. The van der Waals surface area contributed by atoms with Crippen LogP contribution >= 0.6 is 34.7 Å². The number of hydrogen-bond acceptors (Lipinski definition) is 3. The molecule has 0 amide bonds. The summed E-state index contributed by atoms with van der Waals surface area (Å²) < 4.78 is 0. The number of hydrogen-bond donors (Lipinski definition) is 0. The summed E-state index contributed by atoms with van der Waals surface area (Å²) in [4.78, 5) is 7.16. The van der Waals surface area contributed by atoms with Gasteiger partial charge in [0.2, 0.25) is 0 Å². The predicted molar refractivity (Wildman–Crippen MR) is 89.8 cm³/mol. The van der Waals surface area contributed by atoms with Gasteiger partial charge in [-0.2, -0.15) is 0 Å². The molecule has 1 aromatic carbocycles. The molecular weight excluding hydrogens is 306 g/mol. The number of thiophene rings is 1. The van der Waals surface area contributed by atoms with E-state index in [-0.39, 0.29) is 0 Å². The summed E-state index contributed by atoms with van der Waals surface area (Å²) in [5, 5.41) is 2.80. The molecule has 0 saturated heterocycles. The quantitative estimate of drug-likeness (QED) is 0.562. The number of nitrogens with zero attached hydrogens (tertiary/aromatic N) is 1. The van der Waals surface area contributed by atoms with Crippen LogP contribution < -0.4 is 0 Å². The van der Waals surface area contributed by atoms with Crippen LogP contribution in [0.5, 0.6) is 0 Å². The molecule has 0 atom stereocenters. The first kappa shape index (κ1) is 13.7. The largest absolute Gasteiger partial charge is 0.247 e. The van der Waals surface area contributed by atoms with E-state index in [2.05, 4.69) is 29.8 Å². The molecule has 0 fully saturated rings. The van der Waals surface area contributed by atoms with Crippen molar-refractivity contribution in [3.05, 3.63) is 58.9 Å². The number of thioether (sulfide) groups is 1. The third kappa shape index (κ3) is 2.90. The smallest absolute Gasteiger partial charge is 0.0820 e. The Hall–Kier alpha value is -1.29. The van der Waals surface area contributed by atoms with Gasteiger partial charge < -0.3 is 0 Å². The molecule has 0 radical (unpaired) electrons. The van der Waals surface area contributed by atoms with E-state index >= 15 is 0 Å². The number of rotatable bonds is 3. The van der Waals surface area contributed by atoms with Crippen LogP contribution in [-0.2, 0) is 0 Å². The first-order valence-electron chi connectivity index (χ1n) is 6.12. The normalized spacial score (nSPS) is 10.7. The number of benzene rings is 1. The molecule has 2 aromatic heterocycles. The lowest BCUT2D eigenvalue weighted by Gasteiger charge is -2.07. The van der Waals surface area contributed by atoms with Crippen LogP contribution in [0, 0.1) is 0 Å². The van der Waals surface area contributed by atoms with Crippen LogP contribution in [0.2, 0.25) is 5.02 Å². The highest BCUT2D eigenvalue weighted by Crippen LogP contribution is 2.31. The van der Waals surface area contributed by atoms with Gasteiger partial charge >= 0.3 is 0 Å². The maximum Gasteiger partial charge on any atom is 0.0820 e. The van der Waals surface area contributed by atoms with Gasteiger partial charge in [-0.3, -0.25) is 0 Å². The van der Waals surface area contributed by atoms with E-state index in [1.54, 1.807) is 23.1 Å². The molecule has 20 heavy (non-hydrogen) atoms. The zero-order valence-electron chi connectivity index (χ0n) is 10.8. The van der Waals surface area contributed by atoms with Crippen molar-refractivity contribution in [2.45, 2.75) is 4.90 Å². The molecule has 0 aliphatic heterocycles. The molecule has 3 rings (SSSR count). The topological polar surface area (TPSA) is 12.9 Å². The van der Waals surface area contributed by atoms with E-state index in [9.17, 15) is 0 Å². The van der Waals surface area contributed by atoms with Crippen molar-refractivity contribution in [1.82, 2.24) is 4.98 Å². The Labute approximate surface area is 131 Å². The van der Waals surface area contributed by atoms with Gasteiger partial charge in [-0.25, -0.2) is 4.98 Å². The number of halogens is 1. The SMILES string of the molecule is CSc1cc(-c2cccc(Cl)c2)nc(-c2cccs2)c1. The average Bonchev–Trinajstić information content (AvgIpc) is 3.01. The van der Waals surface area contributed by atoms with Crippen molar-refractivity contribution < 1.29 is 0 Å². The molecule has 1 nitrogen and oxygen atoms in total. The first-order valence-corrected chi connectivity index (χ1v) is 8.60. The minimum absolute atomic E-state index is 0.733. The maximum absolute atomic E-state index is 6.08. The Kier molecular flexibility index (Phi) is 4.10. The van der Waals surface area contributed by atoms with E-state index in [1.807, 2.05) is 30.3 Å². The van der Waals surface area contributed by atoms with Gasteiger partial charge in [0.25, 0.3) is 0 Å². The lowest BCUT2D eigenvalue weighted by atomic mass is 10.1. The molecule has 0 unspecified atom stereocenters. The zero-order chi connectivity index (χ0) is 13.9. The lowest BCUT2D eigenvalue weighted by molar-refractivity contribution is 1.28. The highest BCUT2D eigenvalue weighted by Gasteiger charge is 2.08. The Morgan fingerprint density at radius 2 is 1.90 bits per heavy atom. The van der Waals surface area contributed by atoms with Gasteiger partial charge in [0.05, 0.1) is 16.3 Å². The standard InChI is InChI=1S/C16H12ClNS2/c1-19-13-9-14(11-4-2-5-12(17)8-11)18-15(10-13)16-6-3-7-20-16/h2-10H,1H3. The molecule has 0 N–H and O–H groups in total. The summed E-state index contributed by atoms with van der Waals surface area (Å²) in [6, 6.07) is 16.2. The fraction of sp³-hybridized carbons (Fsp3) is 0.0625. The van der Waals surface area contributed by atoms with Crippen LogP contribution in [0.15, 0.2) is 58.8 Å². The number of pyridine rings is 1. The molecule has 3 aromatic rings. The minimum Gasteiger partial charge on any atom is -0.247 e. The second kappa shape index (κ2) is 6.00. The van der Waals surface area contributed by atoms with Gasteiger partial charge in [-0.1, -0.05) is 29.8 Å². The fourth-order valence-corrected chi connectivity index (χ4v) is 3.30. The molecule has 0 bridgehead atoms. The van der Waals surface area contributed by atoms with Crippen molar-refractivity contribution >= 4 is 34.7 Å². The second-order valence-corrected chi connectivity index (χ2v) is 6.53. The minimum atomic E-state index is 0.733. The lowest BCUT2D eigenvalue weighted by Crippen LogP contribution is -1.88. The summed E-state index contributed by atoms with van der Waals surface area (Å²) in [5.74, 6) is 0. The summed E-state index contributed by atoms with van der Waals surface area (Å²) in [7, 11) is 0. The third-order valence-corrected chi connectivity index (χ3v) is 4.76. The summed E-state index contributed by atoms with van der Waals surface area (Å²) in [6.07, 6.45) is 2.08. The summed E-state index contributed by atoms with van der Waals surface area (Å²) >= 11 is 9.51. The average molecular weight is 318 g/mol. The highest BCUT2D eigenvalue weighted by atomic mass is 35.5. The van der Waals surface area contributed by atoms with Gasteiger partial charge in [-0.05, 0) is 42.0 Å². The van der Waals surface area contributed by atoms with E-state index in [0.717, 1.165) is 22.0 Å². The van der Waals surface area contributed by atoms with Crippen LogP contribution in [0.4, 0.5) is 0 Å². The summed E-state index contributed by atoms with van der Waals surface area (Å²) in [5.41, 5.74) is 3.02. The molecule has 0 spiro atoms. The van der Waals surface area contributed by atoms with E-state index < -0.39 is 0 Å². The first-order chi connectivity index (χ1) is 9.76. The van der Waals surface area contributed by atoms with Gasteiger partial charge in [-0.15, -0.1) is 23.1 Å². The Morgan fingerprint density at radius 3 is 2.60 bits per heavy atom. The molecule has 0 saturated carbocycles. The van der Waals surface area contributed by atoms with Gasteiger partial charge in [0.15, 0.2) is 0 Å². The van der Waals surface area contributed by atoms with Crippen LogP contribution in [0.3, 0.4) is 0 Å². The van der Waals surface area contributed by atoms with Gasteiger partial charge in [0, 0.05) is 15.5 Å². The maximum atomic E-state index is 6.08. The van der Waals surface area contributed by atoms with Crippen LogP contribution in [-0.4, -0.2) is 11.2 Å². The summed E-state index contributed by atoms with van der Waals surface area (Å²) in [6.45, 7) is 0. The molecule has 0 aliphatic carbocycles. The zero-order valence-corrected chi connectivity index (χ0v) is 13.2. The van der Waals surface area contributed by atoms with Crippen LogP contribution in [0.25, 0.3) is 21.8 Å². The molecule has 4 heteroatoms. The number of aromatic nitrogens is 1. The van der Waals surface area contributed by atoms with Gasteiger partial charge in [0.1, 0.15) is 0 Å². The monoisotopic (exact) mass is 317 g/mol. The highest BCUT2D eigenvalue weighted by molar-refractivity contribution is 7.98. The molecule has 0 aliphatic rings. The van der Waals surface area contributed by atoms with Crippen molar-refractivity contribution in [3.63, 3.8) is 0 Å². The van der Waals surface area contributed by atoms with E-state index in [4.69, 9.17) is 16.6 Å². The molecule has 2 heterocycles. The Balaban J connectivity index is 2.14. The van der Waals surface area contributed by atoms with E-state index in [0.29, 0.717) is 0 Å². The fourth-order valence-electron chi connectivity index (χ4n) is 1.97. The Bertz CT molecular complexity index is 723. The van der Waals surface area contributed by atoms with Crippen molar-refractivity contribution in [2.24, 2.45) is 0 Å².